The van der Waals surface area contributed by atoms with Gasteiger partial charge in [0, 0.05) is 142 Å². The van der Waals surface area contributed by atoms with Gasteiger partial charge in [-0.1, -0.05) is 18.2 Å². The maximum absolute atomic E-state index is 14.6. The molecule has 4 N–H and O–H groups in total. The number of carbonyl (C=O) groups excluding carboxylic acids is 2. The summed E-state index contributed by atoms with van der Waals surface area (Å²) >= 11 is 0. The number of rotatable bonds is 19. The Labute approximate surface area is 556 Å². The fraction of sp³-hybridized carbons (Fsp3) is 0.232. The molecule has 0 bridgehead atoms. The van der Waals surface area contributed by atoms with Gasteiger partial charge in [0.25, 0.3) is 26.0 Å². The number of likely N-dealkylation sites (N-methyl/N-ethyl adjacent to an activating group) is 1. The van der Waals surface area contributed by atoms with Crippen LogP contribution in [0.4, 0.5) is 29.0 Å². The van der Waals surface area contributed by atoms with Crippen LogP contribution in [0.25, 0.3) is 89.9 Å². The van der Waals surface area contributed by atoms with Crippen molar-refractivity contribution in [2.75, 3.05) is 120 Å². The minimum Gasteiger partial charge on any atom is -0.481 e. The number of benzene rings is 1. The van der Waals surface area contributed by atoms with Gasteiger partial charge in [-0.15, -0.1) is 0 Å². The van der Waals surface area contributed by atoms with Gasteiger partial charge < -0.3 is 39.7 Å². The first kappa shape index (κ1) is 65.4. The van der Waals surface area contributed by atoms with Gasteiger partial charge in [0.15, 0.2) is 5.03 Å². The molecule has 2 fully saturated rings. The van der Waals surface area contributed by atoms with Crippen molar-refractivity contribution in [2.24, 2.45) is 0 Å². The number of pyridine rings is 9. The van der Waals surface area contributed by atoms with Crippen molar-refractivity contribution < 1.29 is 35.9 Å². The van der Waals surface area contributed by atoms with Gasteiger partial charge in [0.05, 0.1) is 77.0 Å². The van der Waals surface area contributed by atoms with Gasteiger partial charge >= 0.3 is 0 Å². The van der Waals surface area contributed by atoms with E-state index < -0.39 is 31.9 Å². The van der Waals surface area contributed by atoms with E-state index in [2.05, 4.69) is 46.8 Å². The van der Waals surface area contributed by atoms with E-state index in [0.29, 0.717) is 111 Å². The van der Waals surface area contributed by atoms with E-state index in [1.807, 2.05) is 74.4 Å². The lowest BCUT2D eigenvalue weighted by atomic mass is 9.91. The maximum atomic E-state index is 14.6. The van der Waals surface area contributed by atoms with Crippen LogP contribution in [0.2, 0.25) is 0 Å². The molecule has 0 radical (unpaired) electrons. The lowest BCUT2D eigenvalue weighted by Crippen LogP contribution is -2.44. The second kappa shape index (κ2) is 27.7. The topological polar surface area (TPSA) is 298 Å². The highest BCUT2D eigenvalue weighted by molar-refractivity contribution is 7.92. The Bertz CT molecular complexity index is 4820. The highest BCUT2D eigenvalue weighted by Gasteiger charge is 2.30. The summed E-state index contributed by atoms with van der Waals surface area (Å²) in [4.78, 5) is 80.8. The maximum Gasteiger partial charge on any atom is 0.269 e. The first-order valence-corrected chi connectivity index (χ1v) is 33.7. The normalized spacial score (nSPS) is 13.7. The second-order valence-corrected chi connectivity index (χ2v) is 26.5. The highest BCUT2D eigenvalue weighted by Crippen LogP contribution is 2.47. The lowest BCUT2D eigenvalue weighted by molar-refractivity contribution is -0.114. The number of nitrogens with one attached hydrogen (secondary N) is 4. The summed E-state index contributed by atoms with van der Waals surface area (Å²) in [6.45, 7) is 8.56. The van der Waals surface area contributed by atoms with Crippen molar-refractivity contribution in [1.29, 1.82) is 0 Å². The molecule has 2 aliphatic heterocycles. The minimum atomic E-state index is -4.24. The molecular weight excluding hydrogens is 1260 g/mol. The summed E-state index contributed by atoms with van der Waals surface area (Å²) in [5, 5.41) is 5.28. The van der Waals surface area contributed by atoms with Gasteiger partial charge in [-0.25, -0.2) is 56.4 Å². The molecule has 1 aromatic carbocycles. The molecule has 9 aromatic heterocycles. The monoisotopic (exact) mass is 1330 g/mol. The number of piperazine rings is 1. The van der Waals surface area contributed by atoms with E-state index in [1.54, 1.807) is 79.1 Å². The molecular formula is C69H69N17O8S2. The number of aromatic nitrogens is 9. The number of morpholine rings is 1. The van der Waals surface area contributed by atoms with Crippen LogP contribution in [0, 0.1) is 6.92 Å². The molecule has 0 unspecified atom stereocenters. The van der Waals surface area contributed by atoms with Crippen molar-refractivity contribution in [1.82, 2.24) is 59.8 Å². The van der Waals surface area contributed by atoms with Gasteiger partial charge in [-0.3, -0.25) is 24.3 Å². The fourth-order valence-corrected chi connectivity index (χ4v) is 13.0. The van der Waals surface area contributed by atoms with Gasteiger partial charge in [0.1, 0.15) is 29.0 Å². The summed E-state index contributed by atoms with van der Waals surface area (Å²) in [5.74, 6) is 1.40. The van der Waals surface area contributed by atoms with Crippen LogP contribution in [0.5, 0.6) is 5.88 Å². The van der Waals surface area contributed by atoms with Gasteiger partial charge in [-0.05, 0) is 130 Å². The predicted octanol–water partition coefficient (Wildman–Crippen LogP) is 8.58. The van der Waals surface area contributed by atoms with Crippen LogP contribution in [-0.4, -0.2) is 173 Å². The van der Waals surface area contributed by atoms with Crippen LogP contribution in [0.15, 0.2) is 162 Å². The zero-order valence-corrected chi connectivity index (χ0v) is 55.6. The Balaban J connectivity index is 1.12. The average Bonchev–Trinajstić information content (AvgIpc) is 0.754. The molecule has 0 spiro atoms. The quantitative estimate of drug-likeness (QED) is 0.0589. The number of aryl methyl sites for hydroxylation is 1. The second-order valence-electron chi connectivity index (χ2n) is 23.0. The summed E-state index contributed by atoms with van der Waals surface area (Å²) in [6.07, 6.45) is 4.85. The molecule has 27 heteroatoms. The number of ether oxygens (including phenoxy) is 2. The molecule has 490 valence electrons. The number of hydrogen-bond donors (Lipinski definition) is 4. The molecule has 2 amide bonds. The molecule has 10 aromatic rings. The van der Waals surface area contributed by atoms with E-state index in [0.717, 1.165) is 32.0 Å². The third kappa shape index (κ3) is 13.8. The summed E-state index contributed by atoms with van der Waals surface area (Å²) in [7, 11) is 1.72. The minimum absolute atomic E-state index is 0.0217. The summed E-state index contributed by atoms with van der Waals surface area (Å²) in [5.41, 5.74) is 6.84. The van der Waals surface area contributed by atoms with Crippen LogP contribution >= 0.6 is 0 Å². The third-order valence-corrected chi connectivity index (χ3v) is 19.1. The standard InChI is InChI=1S/C69H69N17O8S2/c1-42-14-15-45(40-72-42)63-48(22-29-62(81-63)96(91,92)71-4)65-49(17-23-54(76-65)69(88)70-3)68-52(21-28-61(80-68)93-8)67-51(20-26-59(78-67)83(5)6)66-50(18-24-57(77-66)75-43(2)87)64-47(19-27-60(79-64)86-34-36-94-37-35-86)53-38-55(44-16-25-58(74-39-44)85-32-30-84(7)31-33-85)73-41-56(53)82-95(89,90)46-12-10-9-11-13-46/h9-29,38-41,71,82H,30-37H2,1-8H3,(H,70,88)(H,75,77,87). The largest absolute Gasteiger partial charge is 0.481 e. The van der Waals surface area contributed by atoms with Crippen molar-refractivity contribution in [3.63, 3.8) is 0 Å². The number of carbonyl (C=O) groups is 2. The first-order chi connectivity index (χ1) is 46.3. The molecule has 0 aliphatic carbocycles. The van der Waals surface area contributed by atoms with Crippen LogP contribution in [-0.2, 0) is 29.6 Å². The zero-order valence-electron chi connectivity index (χ0n) is 54.0. The van der Waals surface area contributed by atoms with E-state index in [1.165, 1.54) is 52.5 Å². The number of amides is 2. The SMILES string of the molecule is CNC(=O)c1ccc(-c2nc(OC)ccc2-c2nc(N(C)C)ccc2-c2nc(NC(C)=O)ccc2-c2nc(N3CCOCC3)ccc2-c2cc(-c3ccc(N4CCN(C)CC4)nc3)ncc2NS(=O)(=O)c2ccccc2)c(-c2ccc(S(=O)(=O)NC)nc2-c2ccc(C)nc2)n1. The predicted molar refractivity (Wildman–Crippen MR) is 370 cm³/mol. The van der Waals surface area contributed by atoms with E-state index in [-0.39, 0.29) is 55.8 Å². The van der Waals surface area contributed by atoms with E-state index in [4.69, 9.17) is 49.3 Å². The molecule has 0 saturated carbocycles. The van der Waals surface area contributed by atoms with Crippen molar-refractivity contribution in [3.05, 3.63) is 163 Å². The number of anilines is 5. The van der Waals surface area contributed by atoms with Gasteiger partial charge in [-0.2, -0.15) is 0 Å². The Hall–Kier alpha value is -10.7. The molecule has 96 heavy (non-hydrogen) atoms. The van der Waals surface area contributed by atoms with Crippen molar-refractivity contribution in [3.8, 4) is 95.8 Å². The Morgan fingerprint density at radius 2 is 1.18 bits per heavy atom. The van der Waals surface area contributed by atoms with Crippen LogP contribution in [0.3, 0.4) is 0 Å². The lowest BCUT2D eigenvalue weighted by Gasteiger charge is -2.33. The number of hydrogen-bond acceptors (Lipinski definition) is 21. The molecule has 2 saturated heterocycles. The number of methoxy groups -OCH3 is 1. The van der Waals surface area contributed by atoms with Crippen LogP contribution in [0.1, 0.15) is 23.1 Å². The first-order valence-electron chi connectivity index (χ1n) is 30.8. The Morgan fingerprint density at radius 3 is 1.84 bits per heavy atom. The smallest absolute Gasteiger partial charge is 0.269 e. The third-order valence-electron chi connectivity index (χ3n) is 16.4. The van der Waals surface area contributed by atoms with E-state index in [9.17, 15) is 26.4 Å². The molecule has 0 atom stereocenters. The molecule has 11 heterocycles. The zero-order chi connectivity index (χ0) is 67.4. The highest BCUT2D eigenvalue weighted by atomic mass is 32.2. The van der Waals surface area contributed by atoms with E-state index >= 15 is 0 Å². The Morgan fingerprint density at radius 1 is 0.562 bits per heavy atom. The van der Waals surface area contributed by atoms with Crippen LogP contribution < -0.4 is 39.5 Å². The van der Waals surface area contributed by atoms with Crippen molar-refractivity contribution >= 4 is 60.8 Å². The molecule has 25 nitrogen and oxygen atoms in total. The molecule has 2 aliphatic rings. The Kier molecular flexibility index (Phi) is 18.9. The van der Waals surface area contributed by atoms with Gasteiger partial charge in [0.2, 0.25) is 11.8 Å². The molecule has 12 rings (SSSR count). The number of sulfonamides is 2. The number of nitrogens with zero attached hydrogens (tertiary/aromatic N) is 13. The van der Waals surface area contributed by atoms with Crippen molar-refractivity contribution in [2.45, 2.75) is 23.8 Å². The summed E-state index contributed by atoms with van der Waals surface area (Å²) < 4.78 is 73.0. The fourth-order valence-electron chi connectivity index (χ4n) is 11.3. The average molecular weight is 1330 g/mol. The summed E-state index contributed by atoms with van der Waals surface area (Å²) in [6, 6.07) is 38.0.